The van der Waals surface area contributed by atoms with Crippen molar-refractivity contribution >= 4 is 11.8 Å². The van der Waals surface area contributed by atoms with Crippen molar-refractivity contribution in [2.75, 3.05) is 26.8 Å². The van der Waals surface area contributed by atoms with Crippen LogP contribution in [0.1, 0.15) is 32.7 Å². The fourth-order valence-electron chi connectivity index (χ4n) is 2.30. The Labute approximate surface area is 147 Å². The van der Waals surface area contributed by atoms with Crippen LogP contribution in [0.4, 0.5) is 0 Å². The standard InChI is InChI=1S/C19H23N3O3/c1-25-11-10-22-19(24)17-12-16(13-20-14-17)18(23)21-9-5-8-15-6-3-2-4-7-15/h2-4,6-7,12-14H,5,8-11H2,1H3,(H,21,23)(H,22,24). The number of aromatic nitrogens is 1. The van der Waals surface area contributed by atoms with Crippen molar-refractivity contribution in [1.82, 2.24) is 15.6 Å². The summed E-state index contributed by atoms with van der Waals surface area (Å²) < 4.78 is 4.88. The molecule has 0 aliphatic carbocycles. The zero-order valence-corrected chi connectivity index (χ0v) is 14.3. The molecule has 2 rings (SSSR count). The summed E-state index contributed by atoms with van der Waals surface area (Å²) in [5.74, 6) is -0.504. The van der Waals surface area contributed by atoms with Crippen LogP contribution in [-0.4, -0.2) is 43.6 Å². The van der Waals surface area contributed by atoms with E-state index in [1.807, 2.05) is 18.2 Å². The Hall–Kier alpha value is -2.73. The van der Waals surface area contributed by atoms with E-state index >= 15 is 0 Å². The number of ether oxygens (including phenoxy) is 1. The molecule has 25 heavy (non-hydrogen) atoms. The number of amides is 2. The van der Waals surface area contributed by atoms with Gasteiger partial charge in [-0.15, -0.1) is 0 Å². The average Bonchev–Trinajstić information content (AvgIpc) is 2.66. The molecule has 0 aliphatic rings. The van der Waals surface area contributed by atoms with Crippen LogP contribution in [0.3, 0.4) is 0 Å². The number of methoxy groups -OCH3 is 1. The monoisotopic (exact) mass is 341 g/mol. The first kappa shape index (κ1) is 18.6. The third-order valence-corrected chi connectivity index (χ3v) is 3.62. The summed E-state index contributed by atoms with van der Waals surface area (Å²) >= 11 is 0. The second kappa shape index (κ2) is 10.2. The lowest BCUT2D eigenvalue weighted by Crippen LogP contribution is -2.28. The van der Waals surface area contributed by atoms with Crippen LogP contribution in [-0.2, 0) is 11.2 Å². The van der Waals surface area contributed by atoms with Gasteiger partial charge in [-0.25, -0.2) is 0 Å². The third kappa shape index (κ3) is 6.35. The highest BCUT2D eigenvalue weighted by molar-refractivity contribution is 5.99. The lowest BCUT2D eigenvalue weighted by molar-refractivity contribution is 0.0936. The minimum absolute atomic E-state index is 0.230. The van der Waals surface area contributed by atoms with Crippen LogP contribution >= 0.6 is 0 Å². The molecule has 6 nitrogen and oxygen atoms in total. The van der Waals surface area contributed by atoms with Gasteiger partial charge in [0, 0.05) is 32.6 Å². The molecule has 0 bridgehead atoms. The van der Waals surface area contributed by atoms with Crippen LogP contribution in [0.2, 0.25) is 0 Å². The lowest BCUT2D eigenvalue weighted by atomic mass is 10.1. The second-order valence-corrected chi connectivity index (χ2v) is 5.56. The molecule has 0 atom stereocenters. The number of hydrogen-bond acceptors (Lipinski definition) is 4. The van der Waals surface area contributed by atoms with Crippen LogP contribution < -0.4 is 10.6 Å². The van der Waals surface area contributed by atoms with Gasteiger partial charge in [-0.1, -0.05) is 30.3 Å². The van der Waals surface area contributed by atoms with Crippen molar-refractivity contribution in [2.24, 2.45) is 0 Å². The first-order valence-corrected chi connectivity index (χ1v) is 8.25. The van der Waals surface area contributed by atoms with Gasteiger partial charge < -0.3 is 15.4 Å². The maximum Gasteiger partial charge on any atom is 0.252 e. The molecule has 6 heteroatoms. The van der Waals surface area contributed by atoms with Gasteiger partial charge >= 0.3 is 0 Å². The van der Waals surface area contributed by atoms with E-state index in [-0.39, 0.29) is 11.8 Å². The molecule has 0 unspecified atom stereocenters. The molecule has 2 amide bonds. The van der Waals surface area contributed by atoms with E-state index in [9.17, 15) is 9.59 Å². The van der Waals surface area contributed by atoms with Gasteiger partial charge in [-0.05, 0) is 24.5 Å². The molecule has 0 saturated carbocycles. The average molecular weight is 341 g/mol. The predicted octanol–water partition coefficient (Wildman–Crippen LogP) is 1.82. The first-order valence-electron chi connectivity index (χ1n) is 8.25. The maximum atomic E-state index is 12.2. The van der Waals surface area contributed by atoms with E-state index in [4.69, 9.17) is 4.74 Å². The Morgan fingerprint density at radius 3 is 2.28 bits per heavy atom. The minimum Gasteiger partial charge on any atom is -0.383 e. The Kier molecular flexibility index (Phi) is 7.59. The normalized spacial score (nSPS) is 10.3. The van der Waals surface area contributed by atoms with Crippen molar-refractivity contribution in [3.8, 4) is 0 Å². The van der Waals surface area contributed by atoms with E-state index in [2.05, 4.69) is 27.8 Å². The third-order valence-electron chi connectivity index (χ3n) is 3.62. The van der Waals surface area contributed by atoms with Gasteiger partial charge in [-0.3, -0.25) is 14.6 Å². The second-order valence-electron chi connectivity index (χ2n) is 5.56. The molecule has 132 valence electrons. The van der Waals surface area contributed by atoms with E-state index in [1.165, 1.54) is 18.0 Å². The molecular formula is C19H23N3O3. The highest BCUT2D eigenvalue weighted by Crippen LogP contribution is 2.04. The van der Waals surface area contributed by atoms with E-state index in [1.54, 1.807) is 13.2 Å². The Bertz CT molecular complexity index is 689. The number of pyridine rings is 1. The van der Waals surface area contributed by atoms with E-state index in [0.717, 1.165) is 12.8 Å². The summed E-state index contributed by atoms with van der Waals surface area (Å²) in [6, 6.07) is 11.7. The van der Waals surface area contributed by atoms with Crippen LogP contribution in [0.5, 0.6) is 0 Å². The molecule has 0 aliphatic heterocycles. The molecule has 1 aromatic carbocycles. The van der Waals surface area contributed by atoms with Crippen LogP contribution in [0.15, 0.2) is 48.8 Å². The summed E-state index contributed by atoms with van der Waals surface area (Å²) in [6.07, 6.45) is 4.65. The molecular weight excluding hydrogens is 318 g/mol. The highest BCUT2D eigenvalue weighted by Gasteiger charge is 2.10. The van der Waals surface area contributed by atoms with Crippen LogP contribution in [0.25, 0.3) is 0 Å². The number of nitrogens with one attached hydrogen (secondary N) is 2. The molecule has 1 aromatic heterocycles. The number of rotatable bonds is 9. The van der Waals surface area contributed by atoms with E-state index in [0.29, 0.717) is 30.8 Å². The molecule has 0 fully saturated rings. The summed E-state index contributed by atoms with van der Waals surface area (Å²) in [7, 11) is 1.57. The van der Waals surface area contributed by atoms with Gasteiger partial charge in [0.2, 0.25) is 0 Å². The fourth-order valence-corrected chi connectivity index (χ4v) is 2.30. The van der Waals surface area contributed by atoms with Gasteiger partial charge in [0.25, 0.3) is 11.8 Å². The van der Waals surface area contributed by atoms with Crippen molar-refractivity contribution in [1.29, 1.82) is 0 Å². The quantitative estimate of drug-likeness (QED) is 0.682. The van der Waals surface area contributed by atoms with Gasteiger partial charge in [0.05, 0.1) is 17.7 Å². The molecule has 1 heterocycles. The zero-order chi connectivity index (χ0) is 17.9. The molecule has 0 spiro atoms. The summed E-state index contributed by atoms with van der Waals surface area (Å²) in [6.45, 7) is 1.41. The number of aryl methyl sites for hydroxylation is 1. The smallest absolute Gasteiger partial charge is 0.252 e. The number of carbonyl (C=O) groups is 2. The van der Waals surface area contributed by atoms with Crippen molar-refractivity contribution in [3.63, 3.8) is 0 Å². The minimum atomic E-state index is -0.275. The Morgan fingerprint density at radius 1 is 1.00 bits per heavy atom. The Balaban J connectivity index is 1.81. The van der Waals surface area contributed by atoms with Crippen molar-refractivity contribution in [2.45, 2.75) is 12.8 Å². The SMILES string of the molecule is COCCNC(=O)c1cncc(C(=O)NCCCc2ccccc2)c1. The topological polar surface area (TPSA) is 80.3 Å². The summed E-state index contributed by atoms with van der Waals surface area (Å²) in [5.41, 5.74) is 1.97. The van der Waals surface area contributed by atoms with Crippen LogP contribution in [0, 0.1) is 0 Å². The van der Waals surface area contributed by atoms with Gasteiger partial charge in [0.15, 0.2) is 0 Å². The summed E-state index contributed by atoms with van der Waals surface area (Å²) in [4.78, 5) is 28.1. The van der Waals surface area contributed by atoms with E-state index < -0.39 is 0 Å². The molecule has 2 aromatic rings. The lowest BCUT2D eigenvalue weighted by Gasteiger charge is -2.07. The number of carbonyl (C=O) groups excluding carboxylic acids is 2. The number of hydrogen-bond donors (Lipinski definition) is 2. The van der Waals surface area contributed by atoms with Gasteiger partial charge in [-0.2, -0.15) is 0 Å². The molecule has 2 N–H and O–H groups in total. The maximum absolute atomic E-state index is 12.2. The van der Waals surface area contributed by atoms with Crippen molar-refractivity contribution < 1.29 is 14.3 Å². The molecule has 0 radical (unpaired) electrons. The Morgan fingerprint density at radius 2 is 1.64 bits per heavy atom. The zero-order valence-electron chi connectivity index (χ0n) is 14.3. The fraction of sp³-hybridized carbons (Fsp3) is 0.316. The molecule has 0 saturated heterocycles. The van der Waals surface area contributed by atoms with Gasteiger partial charge in [0.1, 0.15) is 0 Å². The first-order chi connectivity index (χ1) is 12.2. The predicted molar refractivity (Wildman–Crippen MR) is 95.5 cm³/mol. The number of nitrogens with zero attached hydrogens (tertiary/aromatic N) is 1. The van der Waals surface area contributed by atoms with Crippen molar-refractivity contribution in [3.05, 3.63) is 65.5 Å². The largest absolute Gasteiger partial charge is 0.383 e. The summed E-state index contributed by atoms with van der Waals surface area (Å²) in [5, 5.41) is 5.56. The number of benzene rings is 1. The highest BCUT2D eigenvalue weighted by atomic mass is 16.5.